The Kier molecular flexibility index (Phi) is 4.29. The Morgan fingerprint density at radius 2 is 2.14 bits per heavy atom. The quantitative estimate of drug-likeness (QED) is 0.904. The van der Waals surface area contributed by atoms with Crippen LogP contribution in [-0.2, 0) is 9.53 Å². The number of rotatable bonds is 4. The Morgan fingerprint density at radius 1 is 1.41 bits per heavy atom. The van der Waals surface area contributed by atoms with E-state index in [4.69, 9.17) is 4.74 Å². The molecule has 2 aliphatic rings. The van der Waals surface area contributed by atoms with Crippen LogP contribution in [0.5, 0.6) is 0 Å². The fourth-order valence-corrected chi connectivity index (χ4v) is 3.08. The Hall–Kier alpha value is -1.69. The summed E-state index contributed by atoms with van der Waals surface area (Å²) in [5.41, 5.74) is 1.05. The summed E-state index contributed by atoms with van der Waals surface area (Å²) >= 11 is 0. The zero-order chi connectivity index (χ0) is 15.7. The molecule has 0 aliphatic carbocycles. The van der Waals surface area contributed by atoms with Crippen molar-refractivity contribution in [1.82, 2.24) is 15.3 Å². The highest BCUT2D eigenvalue weighted by Gasteiger charge is 2.45. The van der Waals surface area contributed by atoms with Gasteiger partial charge in [-0.3, -0.25) is 4.79 Å². The first-order valence-electron chi connectivity index (χ1n) is 7.99. The number of amides is 1. The number of anilines is 1. The van der Waals surface area contributed by atoms with Gasteiger partial charge in [0.15, 0.2) is 0 Å². The van der Waals surface area contributed by atoms with Gasteiger partial charge in [0.25, 0.3) is 0 Å². The summed E-state index contributed by atoms with van der Waals surface area (Å²) < 4.78 is 5.96. The summed E-state index contributed by atoms with van der Waals surface area (Å²) in [5.74, 6) is 1.25. The lowest BCUT2D eigenvalue weighted by Crippen LogP contribution is -2.46. The van der Waals surface area contributed by atoms with Crippen molar-refractivity contribution in [1.29, 1.82) is 0 Å². The Labute approximate surface area is 131 Å². The fourth-order valence-electron chi connectivity index (χ4n) is 3.08. The summed E-state index contributed by atoms with van der Waals surface area (Å²) in [6.07, 6.45) is 4.48. The van der Waals surface area contributed by atoms with E-state index in [-0.39, 0.29) is 24.0 Å². The number of hydrogen-bond donors (Lipinski definition) is 1. The number of morpholine rings is 1. The number of carbonyl (C=O) groups is 1. The zero-order valence-corrected chi connectivity index (χ0v) is 13.5. The Morgan fingerprint density at radius 3 is 2.82 bits per heavy atom. The van der Waals surface area contributed by atoms with Gasteiger partial charge in [0.05, 0.1) is 18.1 Å². The van der Waals surface area contributed by atoms with Crippen molar-refractivity contribution in [3.63, 3.8) is 0 Å². The number of hydrogen-bond acceptors (Lipinski definition) is 5. The highest BCUT2D eigenvalue weighted by Crippen LogP contribution is 2.33. The van der Waals surface area contributed by atoms with Crippen molar-refractivity contribution in [3.05, 3.63) is 18.0 Å². The van der Waals surface area contributed by atoms with Crippen LogP contribution in [0.1, 0.15) is 25.8 Å². The van der Waals surface area contributed by atoms with Crippen LogP contribution in [0.15, 0.2) is 12.4 Å². The topological polar surface area (TPSA) is 67.4 Å². The second-order valence-electron chi connectivity index (χ2n) is 6.74. The number of carbonyl (C=O) groups excluding carboxylic acids is 1. The van der Waals surface area contributed by atoms with Gasteiger partial charge in [0, 0.05) is 32.0 Å². The van der Waals surface area contributed by atoms with Gasteiger partial charge in [0.2, 0.25) is 11.9 Å². The Bertz CT molecular complexity index is 531. The van der Waals surface area contributed by atoms with Crippen LogP contribution >= 0.6 is 0 Å². The molecular weight excluding hydrogens is 280 g/mol. The summed E-state index contributed by atoms with van der Waals surface area (Å²) in [7, 11) is 0. The Balaban J connectivity index is 1.64. The average molecular weight is 304 g/mol. The number of nitrogens with zero attached hydrogens (tertiary/aromatic N) is 3. The first kappa shape index (κ1) is 15.2. The van der Waals surface area contributed by atoms with Crippen molar-refractivity contribution in [3.8, 4) is 0 Å². The molecule has 22 heavy (non-hydrogen) atoms. The van der Waals surface area contributed by atoms with E-state index >= 15 is 0 Å². The third-order valence-electron chi connectivity index (χ3n) is 4.23. The van der Waals surface area contributed by atoms with Crippen molar-refractivity contribution in [2.45, 2.75) is 39.4 Å². The molecule has 2 saturated heterocycles. The number of fused-ring (bicyclic) bond motifs is 2. The van der Waals surface area contributed by atoms with E-state index in [1.54, 1.807) is 0 Å². The largest absolute Gasteiger partial charge is 0.370 e. The van der Waals surface area contributed by atoms with Gasteiger partial charge in [-0.1, -0.05) is 13.8 Å². The normalized spacial score (nSPS) is 27.3. The molecule has 0 aromatic carbocycles. The summed E-state index contributed by atoms with van der Waals surface area (Å²) in [4.78, 5) is 23.2. The highest BCUT2D eigenvalue weighted by molar-refractivity contribution is 5.79. The SMILES string of the molecule is Cc1cnc(N2C[C@H]3C[C@H](C(=O)NCC(C)C)[C@@H](C2)O3)nc1. The van der Waals surface area contributed by atoms with Gasteiger partial charge >= 0.3 is 0 Å². The first-order valence-corrected chi connectivity index (χ1v) is 7.99. The monoisotopic (exact) mass is 304 g/mol. The molecule has 2 aliphatic heterocycles. The molecule has 3 rings (SSSR count). The highest BCUT2D eigenvalue weighted by atomic mass is 16.5. The van der Waals surface area contributed by atoms with Crippen LogP contribution < -0.4 is 10.2 Å². The predicted molar refractivity (Wildman–Crippen MR) is 83.6 cm³/mol. The molecule has 0 radical (unpaired) electrons. The van der Waals surface area contributed by atoms with Gasteiger partial charge in [-0.05, 0) is 24.8 Å². The molecule has 1 amide bonds. The van der Waals surface area contributed by atoms with E-state index in [2.05, 4.69) is 34.0 Å². The second-order valence-corrected chi connectivity index (χ2v) is 6.74. The van der Waals surface area contributed by atoms with Crippen molar-refractivity contribution >= 4 is 11.9 Å². The van der Waals surface area contributed by atoms with Gasteiger partial charge in [-0.2, -0.15) is 0 Å². The molecule has 3 atom stereocenters. The van der Waals surface area contributed by atoms with Crippen LogP contribution in [0, 0.1) is 18.8 Å². The van der Waals surface area contributed by atoms with Gasteiger partial charge in [-0.25, -0.2) is 9.97 Å². The maximum absolute atomic E-state index is 12.3. The van der Waals surface area contributed by atoms with Gasteiger partial charge in [-0.15, -0.1) is 0 Å². The number of aryl methyl sites for hydroxylation is 1. The molecule has 2 bridgehead atoms. The molecule has 6 nitrogen and oxygen atoms in total. The molecule has 1 aromatic heterocycles. The van der Waals surface area contributed by atoms with E-state index in [0.717, 1.165) is 31.0 Å². The average Bonchev–Trinajstić information content (AvgIpc) is 2.80. The third kappa shape index (κ3) is 3.21. The summed E-state index contributed by atoms with van der Waals surface area (Å²) in [6.45, 7) is 8.33. The number of ether oxygens (including phenoxy) is 1. The predicted octanol–water partition coefficient (Wildman–Crippen LogP) is 1.15. The van der Waals surface area contributed by atoms with Gasteiger partial charge in [0.1, 0.15) is 0 Å². The van der Waals surface area contributed by atoms with Crippen molar-refractivity contribution in [2.24, 2.45) is 11.8 Å². The smallest absolute Gasteiger partial charge is 0.225 e. The van der Waals surface area contributed by atoms with Gasteiger partial charge < -0.3 is 15.0 Å². The summed E-state index contributed by atoms with van der Waals surface area (Å²) in [5, 5.41) is 3.03. The standard InChI is InChI=1S/C16H24N4O2/c1-10(2)5-17-15(21)13-4-12-8-20(9-14(13)22-12)16-18-6-11(3)7-19-16/h6-7,10,12-14H,4-5,8-9H2,1-3H3,(H,17,21)/t12-,13+,14-/m1/s1. The molecule has 1 aromatic rings. The number of nitrogens with one attached hydrogen (secondary N) is 1. The molecule has 0 spiro atoms. The molecule has 0 unspecified atom stereocenters. The maximum atomic E-state index is 12.3. The van der Waals surface area contributed by atoms with Crippen LogP contribution in [-0.4, -0.2) is 47.7 Å². The minimum Gasteiger partial charge on any atom is -0.370 e. The first-order chi connectivity index (χ1) is 10.5. The van der Waals surface area contributed by atoms with E-state index < -0.39 is 0 Å². The summed E-state index contributed by atoms with van der Waals surface area (Å²) in [6, 6.07) is 0. The van der Waals surface area contributed by atoms with Crippen LogP contribution in [0.25, 0.3) is 0 Å². The van der Waals surface area contributed by atoms with Crippen LogP contribution in [0.2, 0.25) is 0 Å². The lowest BCUT2D eigenvalue weighted by atomic mass is 9.99. The molecule has 1 N–H and O–H groups in total. The number of aromatic nitrogens is 2. The van der Waals surface area contributed by atoms with E-state index in [1.165, 1.54) is 0 Å². The van der Waals surface area contributed by atoms with Crippen molar-refractivity contribution < 1.29 is 9.53 Å². The second kappa shape index (κ2) is 6.20. The molecule has 3 heterocycles. The van der Waals surface area contributed by atoms with Crippen LogP contribution in [0.4, 0.5) is 5.95 Å². The van der Waals surface area contributed by atoms with E-state index in [0.29, 0.717) is 12.5 Å². The van der Waals surface area contributed by atoms with Crippen molar-refractivity contribution in [2.75, 3.05) is 24.5 Å². The van der Waals surface area contributed by atoms with E-state index in [1.807, 2.05) is 19.3 Å². The molecule has 6 heteroatoms. The minimum atomic E-state index is -0.0594. The maximum Gasteiger partial charge on any atom is 0.225 e. The third-order valence-corrected chi connectivity index (χ3v) is 4.23. The van der Waals surface area contributed by atoms with Crippen LogP contribution in [0.3, 0.4) is 0 Å². The molecule has 2 fully saturated rings. The van der Waals surface area contributed by atoms with E-state index in [9.17, 15) is 4.79 Å². The molecular formula is C16H24N4O2. The minimum absolute atomic E-state index is 0.0563. The lowest BCUT2D eigenvalue weighted by molar-refractivity contribution is -0.126. The molecule has 120 valence electrons. The zero-order valence-electron chi connectivity index (χ0n) is 13.5. The lowest BCUT2D eigenvalue weighted by Gasteiger charge is -2.32. The fraction of sp³-hybridized carbons (Fsp3) is 0.688. The molecule has 0 saturated carbocycles.